The normalized spacial score (nSPS) is 14.2. The molecule has 8 heteroatoms. The first-order valence-corrected chi connectivity index (χ1v) is 11.5. The minimum Gasteiger partial charge on any atom is -0.493 e. The number of methoxy groups -OCH3 is 1. The van der Waals surface area contributed by atoms with Crippen molar-refractivity contribution in [3.63, 3.8) is 0 Å². The molecule has 1 aliphatic rings. The maximum absolute atomic E-state index is 6.34. The fourth-order valence-corrected chi connectivity index (χ4v) is 4.08. The molecule has 33 heavy (non-hydrogen) atoms. The van der Waals surface area contributed by atoms with Crippen LogP contribution in [0.4, 0.5) is 0 Å². The molecule has 0 atom stereocenters. The molecular weight excluding hydrogens is 529 g/mol. The Labute approximate surface area is 213 Å². The molecule has 0 bridgehead atoms. The minimum atomic E-state index is 0. The van der Waals surface area contributed by atoms with Crippen molar-refractivity contribution in [2.75, 3.05) is 20.2 Å². The zero-order valence-electron chi connectivity index (χ0n) is 19.4. The molecule has 2 heterocycles. The number of imidazole rings is 1. The van der Waals surface area contributed by atoms with Gasteiger partial charge in [0.2, 0.25) is 0 Å². The van der Waals surface area contributed by atoms with Crippen LogP contribution in [0.3, 0.4) is 0 Å². The van der Waals surface area contributed by atoms with Crippen LogP contribution in [0.2, 0.25) is 0 Å². The summed E-state index contributed by atoms with van der Waals surface area (Å²) in [6.45, 7) is 4.13. The summed E-state index contributed by atoms with van der Waals surface area (Å²) in [6, 6.07) is 12.0. The average Bonchev–Trinajstić information content (AvgIpc) is 3.47. The van der Waals surface area contributed by atoms with Crippen molar-refractivity contribution in [2.45, 2.75) is 51.7 Å². The van der Waals surface area contributed by atoms with Crippen molar-refractivity contribution in [1.82, 2.24) is 20.0 Å². The molecule has 1 fully saturated rings. The number of guanidine groups is 1. The highest BCUT2D eigenvalue weighted by Crippen LogP contribution is 2.35. The van der Waals surface area contributed by atoms with Gasteiger partial charge in [-0.15, -0.1) is 24.0 Å². The largest absolute Gasteiger partial charge is 0.493 e. The molecule has 0 aliphatic heterocycles. The average molecular weight is 563 g/mol. The first kappa shape index (κ1) is 25.1. The summed E-state index contributed by atoms with van der Waals surface area (Å²) in [5.74, 6) is 2.38. The third kappa shape index (κ3) is 6.75. The van der Waals surface area contributed by atoms with E-state index < -0.39 is 0 Å². The van der Waals surface area contributed by atoms with Crippen LogP contribution in [0.25, 0.3) is 5.65 Å². The van der Waals surface area contributed by atoms with E-state index in [2.05, 4.69) is 34.8 Å². The summed E-state index contributed by atoms with van der Waals surface area (Å²) in [5.41, 5.74) is 3.06. The van der Waals surface area contributed by atoms with Crippen molar-refractivity contribution < 1.29 is 9.47 Å². The highest BCUT2D eigenvalue weighted by Gasteiger charge is 2.20. The van der Waals surface area contributed by atoms with Gasteiger partial charge < -0.3 is 24.5 Å². The summed E-state index contributed by atoms with van der Waals surface area (Å²) in [5, 5.41) is 6.75. The van der Waals surface area contributed by atoms with E-state index in [0.717, 1.165) is 66.7 Å². The number of nitrogens with zero attached hydrogens (tertiary/aromatic N) is 3. The zero-order valence-corrected chi connectivity index (χ0v) is 21.7. The highest BCUT2D eigenvalue weighted by atomic mass is 127. The van der Waals surface area contributed by atoms with Gasteiger partial charge in [0, 0.05) is 37.5 Å². The molecule has 0 saturated heterocycles. The van der Waals surface area contributed by atoms with E-state index in [1.54, 1.807) is 7.11 Å². The second kappa shape index (κ2) is 12.7. The van der Waals surface area contributed by atoms with Gasteiger partial charge in [-0.2, -0.15) is 0 Å². The van der Waals surface area contributed by atoms with Gasteiger partial charge in [0.15, 0.2) is 17.5 Å². The molecule has 1 aliphatic carbocycles. The summed E-state index contributed by atoms with van der Waals surface area (Å²) >= 11 is 0. The van der Waals surface area contributed by atoms with Crippen LogP contribution in [-0.2, 0) is 13.0 Å². The molecule has 1 aromatic carbocycles. The van der Waals surface area contributed by atoms with Crippen molar-refractivity contribution >= 4 is 35.6 Å². The second-order valence-corrected chi connectivity index (χ2v) is 8.04. The Morgan fingerprint density at radius 1 is 1.15 bits per heavy atom. The Morgan fingerprint density at radius 2 is 2.00 bits per heavy atom. The number of hydrogen-bond acceptors (Lipinski definition) is 4. The second-order valence-electron chi connectivity index (χ2n) is 8.04. The number of para-hydroxylation sites is 1. The van der Waals surface area contributed by atoms with Crippen molar-refractivity contribution in [3.8, 4) is 11.5 Å². The molecule has 4 rings (SSSR count). The molecule has 2 N–H and O–H groups in total. The predicted octanol–water partition coefficient (Wildman–Crippen LogP) is 4.58. The van der Waals surface area contributed by atoms with Gasteiger partial charge in [-0.25, -0.2) is 9.98 Å². The molecular formula is C25H34IN5O2. The third-order valence-corrected chi connectivity index (χ3v) is 5.71. The first-order chi connectivity index (χ1) is 15.8. The van der Waals surface area contributed by atoms with Gasteiger partial charge in [0.1, 0.15) is 5.65 Å². The standard InChI is InChI=1S/C25H33N5O2.HI/c1-3-26-25(27-15-14-20-18-30-16-7-6-13-23(30)29-20)28-17-19-9-8-12-22(31-2)24(19)32-21-10-4-5-11-21;/h6-9,12-13,16,18,21H,3-5,10-11,14-15,17H2,1-2H3,(H2,26,27,28);1H. The first-order valence-electron chi connectivity index (χ1n) is 11.5. The monoisotopic (exact) mass is 563 g/mol. The van der Waals surface area contributed by atoms with Gasteiger partial charge in [-0.3, -0.25) is 0 Å². The fourth-order valence-electron chi connectivity index (χ4n) is 4.08. The lowest BCUT2D eigenvalue weighted by Crippen LogP contribution is -2.38. The maximum atomic E-state index is 6.34. The minimum absolute atomic E-state index is 0. The smallest absolute Gasteiger partial charge is 0.191 e. The number of rotatable bonds is 9. The number of aromatic nitrogens is 2. The number of hydrogen-bond donors (Lipinski definition) is 2. The Kier molecular flexibility index (Phi) is 9.65. The van der Waals surface area contributed by atoms with Crippen LogP contribution in [0.5, 0.6) is 11.5 Å². The number of halogens is 1. The van der Waals surface area contributed by atoms with Crippen LogP contribution in [-0.4, -0.2) is 41.6 Å². The summed E-state index contributed by atoms with van der Waals surface area (Å²) in [6.07, 6.45) is 9.85. The van der Waals surface area contributed by atoms with Crippen LogP contribution in [0.15, 0.2) is 53.8 Å². The molecule has 0 radical (unpaired) electrons. The zero-order chi connectivity index (χ0) is 22.2. The van der Waals surface area contributed by atoms with E-state index in [0.29, 0.717) is 6.54 Å². The van der Waals surface area contributed by atoms with E-state index in [1.165, 1.54) is 12.8 Å². The molecule has 1 saturated carbocycles. The van der Waals surface area contributed by atoms with Gasteiger partial charge in [-0.1, -0.05) is 18.2 Å². The number of benzene rings is 1. The highest BCUT2D eigenvalue weighted by molar-refractivity contribution is 14.0. The van der Waals surface area contributed by atoms with Crippen LogP contribution < -0.4 is 20.1 Å². The predicted molar refractivity (Wildman–Crippen MR) is 143 cm³/mol. The number of pyridine rings is 1. The Balaban J connectivity index is 0.00000306. The van der Waals surface area contributed by atoms with Gasteiger partial charge in [-0.05, 0) is 50.8 Å². The number of nitrogens with one attached hydrogen (secondary N) is 2. The van der Waals surface area contributed by atoms with Crippen molar-refractivity contribution in [2.24, 2.45) is 4.99 Å². The van der Waals surface area contributed by atoms with Gasteiger partial charge in [0.25, 0.3) is 0 Å². The Bertz CT molecular complexity index is 1010. The quantitative estimate of drug-likeness (QED) is 0.227. The van der Waals surface area contributed by atoms with E-state index in [1.807, 2.05) is 40.9 Å². The van der Waals surface area contributed by atoms with Crippen molar-refractivity contribution in [3.05, 3.63) is 60.0 Å². The lowest BCUT2D eigenvalue weighted by Gasteiger charge is -2.19. The summed E-state index contributed by atoms with van der Waals surface area (Å²) in [4.78, 5) is 9.46. The van der Waals surface area contributed by atoms with E-state index in [4.69, 9.17) is 14.5 Å². The summed E-state index contributed by atoms with van der Waals surface area (Å²) in [7, 11) is 1.69. The third-order valence-electron chi connectivity index (χ3n) is 5.71. The van der Waals surface area contributed by atoms with Crippen LogP contribution in [0.1, 0.15) is 43.9 Å². The van der Waals surface area contributed by atoms with E-state index in [-0.39, 0.29) is 30.1 Å². The van der Waals surface area contributed by atoms with Crippen molar-refractivity contribution in [1.29, 1.82) is 0 Å². The lowest BCUT2D eigenvalue weighted by molar-refractivity contribution is 0.198. The topological polar surface area (TPSA) is 72.2 Å². The van der Waals surface area contributed by atoms with Gasteiger partial charge >= 0.3 is 0 Å². The molecule has 3 aromatic rings. The maximum Gasteiger partial charge on any atom is 0.191 e. The molecule has 7 nitrogen and oxygen atoms in total. The Hall–Kier alpha value is -2.49. The Morgan fingerprint density at radius 3 is 2.76 bits per heavy atom. The lowest BCUT2D eigenvalue weighted by atomic mass is 10.1. The summed E-state index contributed by atoms with van der Waals surface area (Å²) < 4.78 is 14.0. The number of aliphatic imine (C=N–C) groups is 1. The number of fused-ring (bicyclic) bond motifs is 1. The fraction of sp³-hybridized carbons (Fsp3) is 0.440. The number of ether oxygens (including phenoxy) is 2. The molecule has 0 unspecified atom stereocenters. The van der Waals surface area contributed by atoms with Crippen LogP contribution in [0, 0.1) is 0 Å². The molecule has 0 spiro atoms. The van der Waals surface area contributed by atoms with E-state index in [9.17, 15) is 0 Å². The molecule has 0 amide bonds. The van der Waals surface area contributed by atoms with Crippen LogP contribution >= 0.6 is 24.0 Å². The molecule has 178 valence electrons. The van der Waals surface area contributed by atoms with Gasteiger partial charge in [0.05, 0.1) is 25.5 Å². The van der Waals surface area contributed by atoms with E-state index >= 15 is 0 Å². The molecule has 2 aromatic heterocycles. The SMILES string of the molecule is CCNC(=NCc1cccc(OC)c1OC1CCCC1)NCCc1cn2ccccc2n1.I.